The monoisotopic (exact) mass is 364 g/mol. The van der Waals surface area contributed by atoms with E-state index in [9.17, 15) is 18.0 Å². The van der Waals surface area contributed by atoms with Crippen LogP contribution in [0.25, 0.3) is 0 Å². The van der Waals surface area contributed by atoms with E-state index in [-0.39, 0.29) is 16.5 Å². The minimum absolute atomic E-state index is 0.0335. The van der Waals surface area contributed by atoms with Gasteiger partial charge in [-0.3, -0.25) is 0 Å². The number of alkyl halides is 3. The van der Waals surface area contributed by atoms with Crippen LogP contribution < -0.4 is 5.32 Å². The van der Waals surface area contributed by atoms with E-state index in [2.05, 4.69) is 15.0 Å². The van der Waals surface area contributed by atoms with E-state index in [0.717, 1.165) is 11.3 Å². The van der Waals surface area contributed by atoms with Crippen molar-refractivity contribution in [3.63, 3.8) is 0 Å². The van der Waals surface area contributed by atoms with Crippen molar-refractivity contribution in [3.8, 4) is 0 Å². The summed E-state index contributed by atoms with van der Waals surface area (Å²) in [5.74, 6) is -0.581. The molecule has 0 radical (unpaired) electrons. The van der Waals surface area contributed by atoms with Crippen molar-refractivity contribution in [2.24, 2.45) is 0 Å². The number of hydrogen-bond donors (Lipinski definition) is 1. The number of rotatable bonds is 5. The minimum Gasteiger partial charge on any atom is -0.465 e. The molecule has 0 unspecified atom stereocenters. The molecule has 1 aromatic heterocycles. The van der Waals surface area contributed by atoms with Gasteiger partial charge in [-0.25, -0.2) is 9.78 Å². The number of nitrogens with zero attached hydrogens (tertiary/aromatic N) is 1. The average molecular weight is 365 g/mol. The van der Waals surface area contributed by atoms with E-state index in [4.69, 9.17) is 11.6 Å². The van der Waals surface area contributed by atoms with Crippen LogP contribution in [0.3, 0.4) is 0 Å². The Balaban J connectivity index is 2.02. The van der Waals surface area contributed by atoms with Gasteiger partial charge in [-0.2, -0.15) is 13.2 Å². The van der Waals surface area contributed by atoms with Gasteiger partial charge in [0.1, 0.15) is 0 Å². The topological polar surface area (TPSA) is 51.2 Å². The number of thiazole rings is 1. The van der Waals surface area contributed by atoms with E-state index in [1.54, 1.807) is 24.3 Å². The Hall–Kier alpha value is -1.80. The molecule has 0 amide bonds. The Kier molecular flexibility index (Phi) is 5.48. The molecule has 0 aliphatic carbocycles. The van der Waals surface area contributed by atoms with Crippen molar-refractivity contribution in [1.82, 2.24) is 4.98 Å². The zero-order chi connectivity index (χ0) is 17.0. The number of ether oxygens (including phenoxy) is 1. The number of carbonyl (C=O) groups excluding carboxylic acids is 1. The van der Waals surface area contributed by atoms with Gasteiger partial charge in [-0.1, -0.05) is 35.1 Å². The van der Waals surface area contributed by atoms with Gasteiger partial charge in [0.05, 0.1) is 7.11 Å². The van der Waals surface area contributed by atoms with Gasteiger partial charge in [-0.15, -0.1) is 0 Å². The Labute approximate surface area is 139 Å². The highest BCUT2D eigenvalue weighted by Crippen LogP contribution is 2.30. The molecule has 0 fully saturated rings. The van der Waals surface area contributed by atoms with Crippen LogP contribution in [0.2, 0.25) is 5.15 Å². The zero-order valence-electron chi connectivity index (χ0n) is 11.9. The van der Waals surface area contributed by atoms with Crippen molar-refractivity contribution >= 4 is 39.7 Å². The first-order valence-corrected chi connectivity index (χ1v) is 7.65. The molecule has 0 aliphatic heterocycles. The molecule has 0 saturated heterocycles. The first-order valence-electron chi connectivity index (χ1n) is 6.46. The number of esters is 1. The summed E-state index contributed by atoms with van der Waals surface area (Å²) in [7, 11) is 1.24. The molecule has 23 heavy (non-hydrogen) atoms. The molecule has 1 heterocycles. The smallest absolute Gasteiger partial charge is 0.389 e. The predicted octanol–water partition coefficient (Wildman–Crippen LogP) is 4.82. The maximum atomic E-state index is 12.2. The lowest BCUT2D eigenvalue weighted by molar-refractivity contribution is -0.133. The molecule has 0 spiro atoms. The maximum absolute atomic E-state index is 12.2. The number of aromatic nitrogens is 1. The summed E-state index contributed by atoms with van der Waals surface area (Å²) in [4.78, 5) is 15.6. The molecule has 9 heteroatoms. The molecule has 124 valence electrons. The third kappa shape index (κ3) is 5.11. The summed E-state index contributed by atoms with van der Waals surface area (Å²) in [6, 6.07) is 6.48. The molecular weight excluding hydrogens is 353 g/mol. The SMILES string of the molecule is COC(=O)c1sc(Nc2ccc(CCC(F)(F)F)cc2)nc1Cl. The first kappa shape index (κ1) is 17.6. The van der Waals surface area contributed by atoms with Crippen LogP contribution in [0.5, 0.6) is 0 Å². The molecule has 0 atom stereocenters. The molecular formula is C14H12ClF3N2O2S. The third-order valence-corrected chi connectivity index (χ3v) is 4.20. The van der Waals surface area contributed by atoms with Gasteiger partial charge in [0.15, 0.2) is 15.2 Å². The fraction of sp³-hybridized carbons (Fsp3) is 0.286. The summed E-state index contributed by atoms with van der Waals surface area (Å²) >= 11 is 6.87. The van der Waals surface area contributed by atoms with E-state index in [0.29, 0.717) is 16.4 Å². The largest absolute Gasteiger partial charge is 0.465 e. The van der Waals surface area contributed by atoms with Crippen LogP contribution in [-0.4, -0.2) is 24.2 Å². The fourth-order valence-corrected chi connectivity index (χ4v) is 2.86. The van der Waals surface area contributed by atoms with Crippen molar-refractivity contribution in [3.05, 3.63) is 39.9 Å². The molecule has 2 rings (SSSR count). The summed E-state index contributed by atoms with van der Waals surface area (Å²) in [5.41, 5.74) is 1.21. The summed E-state index contributed by atoms with van der Waals surface area (Å²) in [6.07, 6.45) is -5.09. The highest BCUT2D eigenvalue weighted by atomic mass is 35.5. The average Bonchev–Trinajstić information content (AvgIpc) is 2.85. The Bertz CT molecular complexity index is 686. The second-order valence-corrected chi connectivity index (χ2v) is 5.92. The molecule has 1 aromatic carbocycles. The highest BCUT2D eigenvalue weighted by Gasteiger charge is 2.26. The lowest BCUT2D eigenvalue weighted by atomic mass is 10.1. The number of nitrogens with one attached hydrogen (secondary N) is 1. The van der Waals surface area contributed by atoms with Crippen LogP contribution >= 0.6 is 22.9 Å². The van der Waals surface area contributed by atoms with Gasteiger partial charge in [0.25, 0.3) is 0 Å². The Morgan fingerprint density at radius 1 is 1.35 bits per heavy atom. The first-order chi connectivity index (χ1) is 10.8. The van der Waals surface area contributed by atoms with Gasteiger partial charge in [-0.05, 0) is 24.1 Å². The van der Waals surface area contributed by atoms with Crippen molar-refractivity contribution in [2.45, 2.75) is 19.0 Å². The predicted molar refractivity (Wildman–Crippen MR) is 82.6 cm³/mol. The number of aryl methyl sites for hydroxylation is 1. The van der Waals surface area contributed by atoms with E-state index < -0.39 is 18.6 Å². The molecule has 0 bridgehead atoms. The number of carbonyl (C=O) groups is 1. The molecule has 2 aromatic rings. The highest BCUT2D eigenvalue weighted by molar-refractivity contribution is 7.18. The van der Waals surface area contributed by atoms with E-state index >= 15 is 0 Å². The second-order valence-electron chi connectivity index (χ2n) is 4.57. The van der Waals surface area contributed by atoms with Crippen LogP contribution in [0.1, 0.15) is 21.7 Å². The van der Waals surface area contributed by atoms with E-state index in [1.165, 1.54) is 7.11 Å². The van der Waals surface area contributed by atoms with Crippen LogP contribution in [0.4, 0.5) is 24.0 Å². The van der Waals surface area contributed by atoms with Crippen LogP contribution in [0, 0.1) is 0 Å². The lowest BCUT2D eigenvalue weighted by Gasteiger charge is -2.07. The van der Waals surface area contributed by atoms with Crippen LogP contribution in [0.15, 0.2) is 24.3 Å². The Morgan fingerprint density at radius 3 is 2.57 bits per heavy atom. The van der Waals surface area contributed by atoms with Gasteiger partial charge in [0.2, 0.25) is 0 Å². The fourth-order valence-electron chi connectivity index (χ4n) is 1.74. The number of benzene rings is 1. The second kappa shape index (κ2) is 7.18. The van der Waals surface area contributed by atoms with Gasteiger partial charge < -0.3 is 10.1 Å². The van der Waals surface area contributed by atoms with Crippen molar-refractivity contribution in [1.29, 1.82) is 0 Å². The normalized spacial score (nSPS) is 11.3. The molecule has 4 nitrogen and oxygen atoms in total. The number of halogens is 4. The summed E-state index contributed by atoms with van der Waals surface area (Å²) in [6.45, 7) is 0. The quantitative estimate of drug-likeness (QED) is 0.773. The minimum atomic E-state index is -4.17. The molecule has 0 saturated carbocycles. The standard InChI is InChI=1S/C14H12ClF3N2O2S/c1-22-12(21)10-11(15)20-13(23-10)19-9-4-2-8(3-5-9)6-7-14(16,17)18/h2-5H,6-7H2,1H3,(H,19,20). The zero-order valence-corrected chi connectivity index (χ0v) is 13.5. The summed E-state index contributed by atoms with van der Waals surface area (Å²) < 4.78 is 41.1. The number of anilines is 2. The third-order valence-electron chi connectivity index (χ3n) is 2.86. The maximum Gasteiger partial charge on any atom is 0.389 e. The number of hydrogen-bond acceptors (Lipinski definition) is 5. The number of methoxy groups -OCH3 is 1. The molecule has 0 aliphatic rings. The van der Waals surface area contributed by atoms with Gasteiger partial charge >= 0.3 is 12.1 Å². The Morgan fingerprint density at radius 2 is 2.00 bits per heavy atom. The lowest BCUT2D eigenvalue weighted by Crippen LogP contribution is -2.08. The molecule has 1 N–H and O–H groups in total. The van der Waals surface area contributed by atoms with Crippen molar-refractivity contribution < 1.29 is 22.7 Å². The van der Waals surface area contributed by atoms with E-state index in [1.807, 2.05) is 0 Å². The van der Waals surface area contributed by atoms with Gasteiger partial charge in [0, 0.05) is 12.1 Å². The van der Waals surface area contributed by atoms with Crippen LogP contribution in [-0.2, 0) is 11.2 Å². The summed E-state index contributed by atoms with van der Waals surface area (Å²) in [5, 5.41) is 3.36. The van der Waals surface area contributed by atoms with Crippen molar-refractivity contribution in [2.75, 3.05) is 12.4 Å².